The second kappa shape index (κ2) is 6.93. The lowest BCUT2D eigenvalue weighted by Crippen LogP contribution is -2.36. The molecule has 2 aromatic rings. The molecule has 0 bridgehead atoms. The molecule has 1 unspecified atom stereocenters. The van der Waals surface area contributed by atoms with Gasteiger partial charge in [0.25, 0.3) is 0 Å². The van der Waals surface area contributed by atoms with Gasteiger partial charge in [-0.05, 0) is 31.2 Å². The summed E-state index contributed by atoms with van der Waals surface area (Å²) in [6.07, 6.45) is 0. The minimum Gasteiger partial charge on any atom is -0.508 e. The fraction of sp³-hybridized carbons (Fsp3) is 0.294. The number of methoxy groups -OCH3 is 1. The van der Waals surface area contributed by atoms with E-state index < -0.39 is 17.2 Å². The van der Waals surface area contributed by atoms with Crippen LogP contribution < -0.4 is 10.1 Å². The Morgan fingerprint density at radius 1 is 1.17 bits per heavy atom. The van der Waals surface area contributed by atoms with Crippen molar-refractivity contribution in [1.29, 1.82) is 0 Å². The number of ether oxygens (including phenoxy) is 1. The molecule has 0 aliphatic carbocycles. The highest BCUT2D eigenvalue weighted by atomic mass is 19.1. The predicted octanol–water partition coefficient (Wildman–Crippen LogP) is 2.68. The Balaban J connectivity index is 2.05. The molecule has 6 heteroatoms. The summed E-state index contributed by atoms with van der Waals surface area (Å²) in [7, 11) is 1.52. The van der Waals surface area contributed by atoms with Crippen LogP contribution in [0.1, 0.15) is 18.1 Å². The van der Waals surface area contributed by atoms with Crippen LogP contribution >= 0.6 is 0 Å². The number of nitrogens with one attached hydrogen (secondary N) is 1. The minimum absolute atomic E-state index is 0.00117. The highest BCUT2D eigenvalue weighted by Gasteiger charge is 2.26. The fourth-order valence-corrected chi connectivity index (χ4v) is 2.29. The molecule has 0 fully saturated rings. The van der Waals surface area contributed by atoms with Crippen molar-refractivity contribution in [2.24, 2.45) is 0 Å². The third-order valence-corrected chi connectivity index (χ3v) is 3.58. The quantitative estimate of drug-likeness (QED) is 0.765. The van der Waals surface area contributed by atoms with Gasteiger partial charge in [0.15, 0.2) is 0 Å². The summed E-state index contributed by atoms with van der Waals surface area (Å²) in [4.78, 5) is 0. The summed E-state index contributed by atoms with van der Waals surface area (Å²) in [5.41, 5.74) is -0.937. The number of hydrogen-bond acceptors (Lipinski definition) is 4. The lowest BCUT2D eigenvalue weighted by molar-refractivity contribution is 0.0528. The Hall–Kier alpha value is -2.18. The van der Waals surface area contributed by atoms with Gasteiger partial charge in [-0.3, -0.25) is 0 Å². The Labute approximate surface area is 133 Å². The maximum absolute atomic E-state index is 13.8. The van der Waals surface area contributed by atoms with E-state index in [4.69, 9.17) is 4.74 Å². The molecule has 3 N–H and O–H groups in total. The van der Waals surface area contributed by atoms with Crippen molar-refractivity contribution in [2.45, 2.75) is 19.1 Å². The molecule has 4 nitrogen and oxygen atoms in total. The summed E-state index contributed by atoms with van der Waals surface area (Å²) in [6, 6.07) is 7.85. The maximum Gasteiger partial charge on any atom is 0.132 e. The molecule has 0 spiro atoms. The zero-order valence-electron chi connectivity index (χ0n) is 12.9. The second-order valence-corrected chi connectivity index (χ2v) is 5.50. The molecular formula is C17H19F2NO3. The van der Waals surface area contributed by atoms with Crippen LogP contribution in [0.4, 0.5) is 8.78 Å². The van der Waals surface area contributed by atoms with Gasteiger partial charge in [0.05, 0.1) is 7.11 Å². The van der Waals surface area contributed by atoms with E-state index in [1.807, 2.05) is 0 Å². The number of aromatic hydroxyl groups is 1. The Morgan fingerprint density at radius 3 is 2.57 bits per heavy atom. The van der Waals surface area contributed by atoms with Crippen LogP contribution in [0.2, 0.25) is 0 Å². The van der Waals surface area contributed by atoms with Gasteiger partial charge in [-0.25, -0.2) is 8.78 Å². The number of halogens is 2. The van der Waals surface area contributed by atoms with Crippen LogP contribution in [0.3, 0.4) is 0 Å². The van der Waals surface area contributed by atoms with Crippen molar-refractivity contribution in [2.75, 3.05) is 13.7 Å². The lowest BCUT2D eigenvalue weighted by atomic mass is 9.95. The van der Waals surface area contributed by atoms with E-state index in [1.165, 1.54) is 26.2 Å². The molecule has 0 saturated heterocycles. The smallest absolute Gasteiger partial charge is 0.132 e. The number of hydrogen-bond donors (Lipinski definition) is 3. The molecule has 2 aromatic carbocycles. The molecule has 124 valence electrons. The number of phenols is 1. The highest BCUT2D eigenvalue weighted by molar-refractivity contribution is 5.39. The SMILES string of the molecule is COc1ccc(O)c(CNCC(C)(O)c2ccc(F)cc2F)c1. The average molecular weight is 323 g/mol. The van der Waals surface area contributed by atoms with Crippen molar-refractivity contribution in [1.82, 2.24) is 5.32 Å². The van der Waals surface area contributed by atoms with Crippen LogP contribution in [0.5, 0.6) is 11.5 Å². The number of phenolic OH excluding ortho intramolecular Hbond substituents is 1. The van der Waals surface area contributed by atoms with Gasteiger partial charge in [-0.15, -0.1) is 0 Å². The van der Waals surface area contributed by atoms with Gasteiger partial charge in [0, 0.05) is 30.3 Å². The van der Waals surface area contributed by atoms with Gasteiger partial charge in [0.1, 0.15) is 28.7 Å². The largest absolute Gasteiger partial charge is 0.508 e. The lowest BCUT2D eigenvalue weighted by Gasteiger charge is -2.25. The summed E-state index contributed by atoms with van der Waals surface area (Å²) in [6.45, 7) is 1.70. The molecule has 0 heterocycles. The Bertz CT molecular complexity index is 690. The fourth-order valence-electron chi connectivity index (χ4n) is 2.29. The van der Waals surface area contributed by atoms with Crippen LogP contribution in [0.15, 0.2) is 36.4 Å². The predicted molar refractivity (Wildman–Crippen MR) is 82.3 cm³/mol. The molecule has 0 amide bonds. The van der Waals surface area contributed by atoms with E-state index >= 15 is 0 Å². The zero-order chi connectivity index (χ0) is 17.0. The molecule has 2 rings (SSSR count). The van der Waals surface area contributed by atoms with E-state index in [0.29, 0.717) is 11.3 Å². The summed E-state index contributed by atoms with van der Waals surface area (Å²) >= 11 is 0. The Kier molecular flexibility index (Phi) is 5.18. The van der Waals surface area contributed by atoms with Crippen molar-refractivity contribution < 1.29 is 23.7 Å². The van der Waals surface area contributed by atoms with Gasteiger partial charge >= 0.3 is 0 Å². The molecule has 23 heavy (non-hydrogen) atoms. The van der Waals surface area contributed by atoms with Gasteiger partial charge < -0.3 is 20.3 Å². The minimum atomic E-state index is -1.52. The maximum atomic E-state index is 13.8. The number of rotatable bonds is 6. The van der Waals surface area contributed by atoms with Crippen LogP contribution in [-0.4, -0.2) is 23.9 Å². The second-order valence-electron chi connectivity index (χ2n) is 5.50. The molecule has 1 atom stereocenters. The van der Waals surface area contributed by atoms with Crippen LogP contribution in [0, 0.1) is 11.6 Å². The summed E-state index contributed by atoms with van der Waals surface area (Å²) in [5.74, 6) is -0.820. The standard InChI is InChI=1S/C17H19F2NO3/c1-17(22,14-5-3-12(18)8-15(14)19)10-20-9-11-7-13(23-2)4-6-16(11)21/h3-8,20-22H,9-10H2,1-2H3. The van der Waals surface area contributed by atoms with Crippen molar-refractivity contribution in [3.8, 4) is 11.5 Å². The highest BCUT2D eigenvalue weighted by Crippen LogP contribution is 2.25. The van der Waals surface area contributed by atoms with Crippen LogP contribution in [0.25, 0.3) is 0 Å². The molecule has 0 aliphatic rings. The number of benzene rings is 2. The van der Waals surface area contributed by atoms with Crippen molar-refractivity contribution >= 4 is 0 Å². The first-order valence-electron chi connectivity index (χ1n) is 7.08. The van der Waals surface area contributed by atoms with E-state index in [9.17, 15) is 19.0 Å². The van der Waals surface area contributed by atoms with Gasteiger partial charge in [0.2, 0.25) is 0 Å². The molecule has 0 saturated carbocycles. The Morgan fingerprint density at radius 2 is 1.91 bits per heavy atom. The first kappa shape index (κ1) is 17.2. The zero-order valence-corrected chi connectivity index (χ0v) is 12.9. The monoisotopic (exact) mass is 323 g/mol. The third kappa shape index (κ3) is 4.18. The molecule has 0 aromatic heterocycles. The van der Waals surface area contributed by atoms with Crippen molar-refractivity contribution in [3.05, 3.63) is 59.2 Å². The van der Waals surface area contributed by atoms with Crippen molar-refractivity contribution in [3.63, 3.8) is 0 Å². The first-order valence-corrected chi connectivity index (χ1v) is 7.08. The topological polar surface area (TPSA) is 61.7 Å². The molecule has 0 radical (unpaired) electrons. The van der Waals surface area contributed by atoms with E-state index in [0.717, 1.165) is 12.1 Å². The molecule has 0 aliphatic heterocycles. The van der Waals surface area contributed by atoms with E-state index in [2.05, 4.69) is 5.32 Å². The van der Waals surface area contributed by atoms with E-state index in [1.54, 1.807) is 12.1 Å². The molecular weight excluding hydrogens is 304 g/mol. The normalized spacial score (nSPS) is 13.6. The van der Waals surface area contributed by atoms with Gasteiger partial charge in [-0.1, -0.05) is 6.07 Å². The summed E-state index contributed by atoms with van der Waals surface area (Å²) in [5, 5.41) is 23.1. The van der Waals surface area contributed by atoms with E-state index in [-0.39, 0.29) is 24.4 Å². The van der Waals surface area contributed by atoms with Crippen LogP contribution in [-0.2, 0) is 12.1 Å². The van der Waals surface area contributed by atoms with Gasteiger partial charge in [-0.2, -0.15) is 0 Å². The third-order valence-electron chi connectivity index (χ3n) is 3.58. The summed E-state index contributed by atoms with van der Waals surface area (Å²) < 4.78 is 31.8. The number of aliphatic hydroxyl groups is 1. The first-order chi connectivity index (χ1) is 10.8. The average Bonchev–Trinajstić information content (AvgIpc) is 2.48.